The van der Waals surface area contributed by atoms with E-state index in [4.69, 9.17) is 5.73 Å². The highest BCUT2D eigenvalue weighted by Gasteiger charge is 2.58. The van der Waals surface area contributed by atoms with Crippen molar-refractivity contribution in [2.24, 2.45) is 35.3 Å². The number of likely N-dealkylation sites (tertiary alicyclic amines) is 1. The average molecular weight is 342 g/mol. The maximum Gasteiger partial charge on any atom is 0.233 e. The molecule has 0 aromatic heterocycles. The molecule has 1 saturated carbocycles. The normalized spacial score (nSPS) is 33.4. The molecule has 2 aliphatic carbocycles. The Labute approximate surface area is 142 Å². The van der Waals surface area contributed by atoms with Crippen molar-refractivity contribution in [2.75, 3.05) is 13.1 Å². The van der Waals surface area contributed by atoms with Gasteiger partial charge in [-0.2, -0.15) is 0 Å². The minimum absolute atomic E-state index is 0. The first-order valence-corrected chi connectivity index (χ1v) is 7.98. The number of carbonyl (C=O) groups is 3. The predicted octanol–water partition coefficient (Wildman–Crippen LogP) is 0.315. The van der Waals surface area contributed by atoms with Crippen LogP contribution in [0.2, 0.25) is 0 Å². The van der Waals surface area contributed by atoms with Crippen LogP contribution < -0.4 is 11.1 Å². The first-order chi connectivity index (χ1) is 10.4. The molecular formula is C16H24ClN3O3. The molecule has 7 heteroatoms. The summed E-state index contributed by atoms with van der Waals surface area (Å²) < 4.78 is 0. The highest BCUT2D eigenvalue weighted by molar-refractivity contribution is 6.06. The van der Waals surface area contributed by atoms with E-state index >= 15 is 0 Å². The summed E-state index contributed by atoms with van der Waals surface area (Å²) in [5.74, 6) is -0.446. The molecule has 0 aromatic rings. The second-order valence-corrected chi connectivity index (χ2v) is 6.77. The van der Waals surface area contributed by atoms with Gasteiger partial charge in [-0.25, -0.2) is 0 Å². The van der Waals surface area contributed by atoms with Gasteiger partial charge >= 0.3 is 0 Å². The number of hydrogen-bond acceptors (Lipinski definition) is 4. The van der Waals surface area contributed by atoms with Crippen molar-refractivity contribution in [3.8, 4) is 0 Å². The molecule has 6 atom stereocenters. The number of amides is 3. The predicted molar refractivity (Wildman–Crippen MR) is 87.5 cm³/mol. The Bertz CT molecular complexity index is 519. The molecule has 2 fully saturated rings. The number of nitrogens with zero attached hydrogens (tertiary/aromatic N) is 1. The van der Waals surface area contributed by atoms with Crippen LogP contribution in [0.25, 0.3) is 0 Å². The van der Waals surface area contributed by atoms with E-state index in [0.29, 0.717) is 0 Å². The summed E-state index contributed by atoms with van der Waals surface area (Å²) >= 11 is 0. The number of halogens is 1. The minimum Gasteiger partial charge on any atom is -0.354 e. The average Bonchev–Trinajstić information content (AvgIpc) is 3.15. The summed E-state index contributed by atoms with van der Waals surface area (Å²) in [6, 6.07) is -0.226. The highest BCUT2D eigenvalue weighted by atomic mass is 35.5. The summed E-state index contributed by atoms with van der Waals surface area (Å²) in [6.45, 7) is 4.08. The van der Waals surface area contributed by atoms with Gasteiger partial charge in [0.1, 0.15) is 0 Å². The second kappa shape index (κ2) is 6.61. The number of carbonyl (C=O) groups excluding carboxylic acids is 3. The van der Waals surface area contributed by atoms with Crippen LogP contribution in [0.3, 0.4) is 0 Å². The molecule has 3 aliphatic rings. The molecular weight excluding hydrogens is 318 g/mol. The fourth-order valence-corrected chi connectivity index (χ4v) is 3.88. The molecule has 128 valence electrons. The van der Waals surface area contributed by atoms with Crippen LogP contribution in [0.4, 0.5) is 0 Å². The van der Waals surface area contributed by atoms with E-state index in [2.05, 4.69) is 17.5 Å². The van der Waals surface area contributed by atoms with Crippen molar-refractivity contribution in [1.82, 2.24) is 10.2 Å². The van der Waals surface area contributed by atoms with E-state index in [1.165, 1.54) is 4.90 Å². The third-order valence-electron chi connectivity index (χ3n) is 5.40. The van der Waals surface area contributed by atoms with Crippen molar-refractivity contribution in [1.29, 1.82) is 0 Å². The fourth-order valence-electron chi connectivity index (χ4n) is 3.88. The van der Waals surface area contributed by atoms with Crippen molar-refractivity contribution in [2.45, 2.75) is 26.3 Å². The molecule has 1 heterocycles. The highest BCUT2D eigenvalue weighted by Crippen LogP contribution is 2.52. The molecule has 6 unspecified atom stereocenters. The Kier molecular flexibility index (Phi) is 5.16. The minimum atomic E-state index is -0.288. The lowest BCUT2D eigenvalue weighted by molar-refractivity contribution is -0.141. The molecule has 23 heavy (non-hydrogen) atoms. The van der Waals surface area contributed by atoms with Gasteiger partial charge in [0.15, 0.2) is 0 Å². The summed E-state index contributed by atoms with van der Waals surface area (Å²) in [7, 11) is 0. The molecule has 1 aliphatic heterocycles. The van der Waals surface area contributed by atoms with Crippen LogP contribution >= 0.6 is 12.4 Å². The molecule has 3 rings (SSSR count). The molecule has 0 radical (unpaired) electrons. The van der Waals surface area contributed by atoms with Gasteiger partial charge in [-0.05, 0) is 25.2 Å². The first kappa shape index (κ1) is 17.9. The third-order valence-corrected chi connectivity index (χ3v) is 5.40. The van der Waals surface area contributed by atoms with Gasteiger partial charge in [-0.15, -0.1) is 12.4 Å². The monoisotopic (exact) mass is 341 g/mol. The zero-order chi connectivity index (χ0) is 16.0. The molecule has 6 nitrogen and oxygen atoms in total. The van der Waals surface area contributed by atoms with Gasteiger partial charge in [0.2, 0.25) is 17.7 Å². The van der Waals surface area contributed by atoms with E-state index in [0.717, 1.165) is 6.42 Å². The molecule has 2 bridgehead atoms. The van der Waals surface area contributed by atoms with Gasteiger partial charge in [0, 0.05) is 25.0 Å². The number of fused-ring (bicyclic) bond motifs is 5. The largest absolute Gasteiger partial charge is 0.354 e. The number of rotatable bonds is 5. The quantitative estimate of drug-likeness (QED) is 0.556. The van der Waals surface area contributed by atoms with Gasteiger partial charge in [0.05, 0.1) is 11.8 Å². The molecule has 1 saturated heterocycles. The van der Waals surface area contributed by atoms with Crippen LogP contribution in [-0.2, 0) is 14.4 Å². The standard InChI is InChI=1S/C16H23N3O3.ClH/c1-8(9(2)17)14(20)18-5-6-19-15(21)12-10-3-4-11(7-10)13(12)16(19)22;/h3-4,8-13H,5-7,17H2,1-2H3,(H,18,20);1H. The Hall–Kier alpha value is -1.40. The lowest BCUT2D eigenvalue weighted by Gasteiger charge is -2.19. The zero-order valence-corrected chi connectivity index (χ0v) is 14.2. The van der Waals surface area contributed by atoms with Crippen molar-refractivity contribution in [3.05, 3.63) is 12.2 Å². The van der Waals surface area contributed by atoms with Crippen molar-refractivity contribution >= 4 is 30.1 Å². The molecule has 3 amide bonds. The first-order valence-electron chi connectivity index (χ1n) is 7.98. The lowest BCUT2D eigenvalue weighted by Crippen LogP contribution is -2.43. The zero-order valence-electron chi connectivity index (χ0n) is 13.4. The number of imide groups is 1. The van der Waals surface area contributed by atoms with Crippen molar-refractivity contribution in [3.63, 3.8) is 0 Å². The lowest BCUT2D eigenvalue weighted by atomic mass is 9.85. The fraction of sp³-hybridized carbons (Fsp3) is 0.688. The molecule has 0 spiro atoms. The van der Waals surface area contributed by atoms with Crippen molar-refractivity contribution < 1.29 is 14.4 Å². The van der Waals surface area contributed by atoms with E-state index in [9.17, 15) is 14.4 Å². The molecule has 3 N–H and O–H groups in total. The van der Waals surface area contributed by atoms with Crippen LogP contribution in [0.15, 0.2) is 12.2 Å². The van der Waals surface area contributed by atoms with Gasteiger partial charge in [0.25, 0.3) is 0 Å². The van der Waals surface area contributed by atoms with Crippen LogP contribution in [0.1, 0.15) is 20.3 Å². The summed E-state index contributed by atoms with van der Waals surface area (Å²) in [6.07, 6.45) is 5.09. The second-order valence-electron chi connectivity index (χ2n) is 6.77. The van der Waals surface area contributed by atoms with E-state index < -0.39 is 0 Å². The van der Waals surface area contributed by atoms with Gasteiger partial charge < -0.3 is 11.1 Å². The maximum absolute atomic E-state index is 12.4. The maximum atomic E-state index is 12.4. The summed E-state index contributed by atoms with van der Waals surface area (Å²) in [5, 5.41) is 2.75. The Morgan fingerprint density at radius 1 is 1.26 bits per heavy atom. The van der Waals surface area contributed by atoms with Crippen LogP contribution in [-0.4, -0.2) is 41.8 Å². The van der Waals surface area contributed by atoms with E-state index in [1.54, 1.807) is 13.8 Å². The number of nitrogens with two attached hydrogens (primary N) is 1. The topological polar surface area (TPSA) is 92.5 Å². The summed E-state index contributed by atoms with van der Waals surface area (Å²) in [4.78, 5) is 38.1. The Balaban J connectivity index is 0.00000192. The van der Waals surface area contributed by atoms with Gasteiger partial charge in [-0.1, -0.05) is 19.1 Å². The van der Waals surface area contributed by atoms with Crippen LogP contribution in [0, 0.1) is 29.6 Å². The number of nitrogens with one attached hydrogen (secondary N) is 1. The van der Waals surface area contributed by atoms with Gasteiger partial charge in [-0.3, -0.25) is 19.3 Å². The smallest absolute Gasteiger partial charge is 0.233 e. The SMILES string of the molecule is CC(N)C(C)C(=O)NCCN1C(=O)C2C3C=CC(C3)C2C1=O.Cl. The van der Waals surface area contributed by atoms with E-state index in [1.807, 2.05) is 0 Å². The van der Waals surface area contributed by atoms with Crippen LogP contribution in [0.5, 0.6) is 0 Å². The Morgan fingerprint density at radius 3 is 2.26 bits per heavy atom. The third kappa shape index (κ3) is 2.90. The van der Waals surface area contributed by atoms with E-state index in [-0.39, 0.29) is 78.8 Å². The number of hydrogen-bond donors (Lipinski definition) is 2. The Morgan fingerprint density at radius 2 is 1.78 bits per heavy atom. The number of allylic oxidation sites excluding steroid dienone is 2. The molecule has 0 aromatic carbocycles. The summed E-state index contributed by atoms with van der Waals surface area (Å²) in [5.41, 5.74) is 5.69.